The van der Waals surface area contributed by atoms with Crippen molar-refractivity contribution < 1.29 is 19.2 Å². The lowest BCUT2D eigenvalue weighted by Crippen LogP contribution is -2.30. The van der Waals surface area contributed by atoms with E-state index in [-0.39, 0.29) is 47.3 Å². The van der Waals surface area contributed by atoms with Gasteiger partial charge in [-0.15, -0.1) is 0 Å². The quantitative estimate of drug-likeness (QED) is 0.351. The van der Waals surface area contributed by atoms with Gasteiger partial charge in [-0.3, -0.25) is 19.2 Å². The van der Waals surface area contributed by atoms with Crippen LogP contribution < -0.4 is 0 Å². The minimum atomic E-state index is -0.116. The third kappa shape index (κ3) is 6.08. The van der Waals surface area contributed by atoms with Crippen LogP contribution in [-0.2, 0) is 27.2 Å². The van der Waals surface area contributed by atoms with Gasteiger partial charge in [-0.2, -0.15) is 0 Å². The molecule has 1 aromatic rings. The fourth-order valence-electron chi connectivity index (χ4n) is 5.90. The highest BCUT2D eigenvalue weighted by atomic mass is 16.1. The molecule has 0 heterocycles. The topological polar surface area (TPSA) is 68.3 Å². The van der Waals surface area contributed by atoms with Crippen molar-refractivity contribution in [1.82, 2.24) is 0 Å². The lowest BCUT2D eigenvalue weighted by Gasteiger charge is -2.32. The zero-order valence-corrected chi connectivity index (χ0v) is 21.1. The molecular formula is C30H38O4. The summed E-state index contributed by atoms with van der Waals surface area (Å²) < 4.78 is 0. The van der Waals surface area contributed by atoms with Crippen LogP contribution in [0.3, 0.4) is 0 Å². The van der Waals surface area contributed by atoms with Gasteiger partial charge in [0.25, 0.3) is 0 Å². The number of hydrogen-bond donors (Lipinski definition) is 0. The Bertz CT molecular complexity index is 1030. The van der Waals surface area contributed by atoms with E-state index in [0.717, 1.165) is 59.9 Å². The van der Waals surface area contributed by atoms with Crippen molar-refractivity contribution in [1.29, 1.82) is 0 Å². The van der Waals surface area contributed by atoms with Crippen LogP contribution in [0.1, 0.15) is 92.8 Å². The number of allylic oxidation sites excluding steroid dienone is 4. The third-order valence-corrected chi connectivity index (χ3v) is 7.55. The second-order valence-corrected chi connectivity index (χ2v) is 10.1. The van der Waals surface area contributed by atoms with Gasteiger partial charge in [-0.25, -0.2) is 0 Å². The highest BCUT2D eigenvalue weighted by Crippen LogP contribution is 2.37. The molecule has 4 heteroatoms. The van der Waals surface area contributed by atoms with Crippen molar-refractivity contribution in [3.63, 3.8) is 0 Å². The van der Waals surface area contributed by atoms with Gasteiger partial charge in [0.1, 0.15) is 11.6 Å². The Labute approximate surface area is 203 Å². The van der Waals surface area contributed by atoms with E-state index in [2.05, 4.69) is 6.92 Å². The SMILES string of the molecule is CCCC(CC1CC(=O)c2c(ccc(CC(=O)C3=CC=CC3)c2C)C1)C(CC)C(=O)CC(C)=O. The molecule has 3 rings (SSSR count). The molecule has 0 aromatic heterocycles. The van der Waals surface area contributed by atoms with Crippen LogP contribution in [0, 0.1) is 24.7 Å². The highest BCUT2D eigenvalue weighted by Gasteiger charge is 2.33. The van der Waals surface area contributed by atoms with E-state index < -0.39 is 0 Å². The first-order valence-electron chi connectivity index (χ1n) is 12.8. The average Bonchev–Trinajstić information content (AvgIpc) is 3.30. The number of carbonyl (C=O) groups excluding carboxylic acids is 4. The summed E-state index contributed by atoms with van der Waals surface area (Å²) in [6.45, 7) is 7.59. The van der Waals surface area contributed by atoms with Gasteiger partial charge >= 0.3 is 0 Å². The van der Waals surface area contributed by atoms with Crippen LogP contribution in [0.5, 0.6) is 0 Å². The normalized spacial score (nSPS) is 18.9. The number of carbonyl (C=O) groups is 4. The molecule has 0 saturated heterocycles. The van der Waals surface area contributed by atoms with Gasteiger partial charge in [0.2, 0.25) is 0 Å². The zero-order chi connectivity index (χ0) is 24.8. The molecule has 2 aliphatic rings. The van der Waals surface area contributed by atoms with Gasteiger partial charge in [0.05, 0.1) is 6.42 Å². The Hall–Kier alpha value is -2.62. The van der Waals surface area contributed by atoms with Crippen molar-refractivity contribution in [2.45, 2.75) is 85.5 Å². The molecule has 182 valence electrons. The molecule has 1 aromatic carbocycles. The molecule has 0 N–H and O–H groups in total. The van der Waals surface area contributed by atoms with Crippen molar-refractivity contribution >= 4 is 23.1 Å². The summed E-state index contributed by atoms with van der Waals surface area (Å²) in [5.74, 6) is 0.537. The summed E-state index contributed by atoms with van der Waals surface area (Å²) in [7, 11) is 0. The van der Waals surface area contributed by atoms with Gasteiger partial charge < -0.3 is 0 Å². The van der Waals surface area contributed by atoms with Crippen LogP contribution in [-0.4, -0.2) is 23.1 Å². The van der Waals surface area contributed by atoms with Crippen LogP contribution in [0.2, 0.25) is 0 Å². The van der Waals surface area contributed by atoms with Gasteiger partial charge in [0.15, 0.2) is 11.6 Å². The number of ketones is 4. The van der Waals surface area contributed by atoms with E-state index in [1.54, 1.807) is 0 Å². The maximum Gasteiger partial charge on any atom is 0.163 e. The molecule has 0 fully saturated rings. The number of Topliss-reactive ketones (excluding diaryl/α,β-unsaturated/α-hetero) is 4. The first kappa shape index (κ1) is 26.0. The van der Waals surface area contributed by atoms with Crippen molar-refractivity contribution in [3.05, 3.63) is 58.2 Å². The fourth-order valence-corrected chi connectivity index (χ4v) is 5.90. The van der Waals surface area contributed by atoms with Crippen molar-refractivity contribution in [3.8, 4) is 0 Å². The standard InChI is InChI=1S/C30H38O4/c1-5-9-24(26(6-2)28(33)14-19(3)31)15-21-16-25-13-12-23(20(4)30(25)29(34)17-21)18-27(32)22-10-7-8-11-22/h7-8,10,12-13,21,24,26H,5-6,9,11,14-18H2,1-4H3. The van der Waals surface area contributed by atoms with E-state index in [9.17, 15) is 19.2 Å². The first-order valence-corrected chi connectivity index (χ1v) is 12.8. The van der Waals surface area contributed by atoms with E-state index in [1.807, 2.05) is 44.2 Å². The Morgan fingerprint density at radius 3 is 2.50 bits per heavy atom. The van der Waals surface area contributed by atoms with Crippen molar-refractivity contribution in [2.75, 3.05) is 0 Å². The van der Waals surface area contributed by atoms with Gasteiger partial charge in [0, 0.05) is 24.3 Å². The molecule has 4 nitrogen and oxygen atoms in total. The average molecular weight is 463 g/mol. The smallest absolute Gasteiger partial charge is 0.163 e. The highest BCUT2D eigenvalue weighted by molar-refractivity contribution is 6.02. The Morgan fingerprint density at radius 2 is 1.88 bits per heavy atom. The molecule has 2 aliphatic carbocycles. The van der Waals surface area contributed by atoms with Gasteiger partial charge in [-0.05, 0) is 73.6 Å². The predicted octanol–water partition coefficient (Wildman–Crippen LogP) is 6.12. The van der Waals surface area contributed by atoms with Crippen LogP contribution in [0.15, 0.2) is 35.9 Å². The lowest BCUT2D eigenvalue weighted by atomic mass is 9.72. The largest absolute Gasteiger partial charge is 0.300 e. The summed E-state index contributed by atoms with van der Waals surface area (Å²) in [6, 6.07) is 4.04. The number of rotatable bonds is 12. The first-order chi connectivity index (χ1) is 16.2. The molecule has 0 radical (unpaired) electrons. The minimum absolute atomic E-state index is 0.0127. The third-order valence-electron chi connectivity index (χ3n) is 7.55. The molecule has 0 bridgehead atoms. The van der Waals surface area contributed by atoms with E-state index >= 15 is 0 Å². The van der Waals surface area contributed by atoms with E-state index in [0.29, 0.717) is 19.3 Å². The molecule has 0 amide bonds. The molecule has 3 unspecified atom stereocenters. The van der Waals surface area contributed by atoms with Crippen LogP contribution >= 0.6 is 0 Å². The van der Waals surface area contributed by atoms with Gasteiger partial charge in [-0.1, -0.05) is 57.0 Å². The molecular weight excluding hydrogens is 424 g/mol. The minimum Gasteiger partial charge on any atom is -0.300 e. The maximum atomic E-state index is 13.3. The monoisotopic (exact) mass is 462 g/mol. The number of fused-ring (bicyclic) bond motifs is 1. The zero-order valence-electron chi connectivity index (χ0n) is 21.1. The Morgan fingerprint density at radius 1 is 1.12 bits per heavy atom. The predicted molar refractivity (Wildman–Crippen MR) is 135 cm³/mol. The number of benzene rings is 1. The fraction of sp³-hybridized carbons (Fsp3) is 0.533. The van der Waals surface area contributed by atoms with Crippen molar-refractivity contribution in [2.24, 2.45) is 17.8 Å². The molecule has 34 heavy (non-hydrogen) atoms. The second kappa shape index (κ2) is 11.7. The summed E-state index contributed by atoms with van der Waals surface area (Å²) >= 11 is 0. The Kier molecular flexibility index (Phi) is 8.93. The maximum absolute atomic E-state index is 13.3. The van der Waals surface area contributed by atoms with Crippen LogP contribution in [0.4, 0.5) is 0 Å². The second-order valence-electron chi connectivity index (χ2n) is 10.1. The van der Waals surface area contributed by atoms with E-state index in [1.165, 1.54) is 6.92 Å². The van der Waals surface area contributed by atoms with Crippen LogP contribution in [0.25, 0.3) is 0 Å². The number of hydrogen-bond acceptors (Lipinski definition) is 4. The summed E-state index contributed by atoms with van der Waals surface area (Å²) in [5.41, 5.74) is 4.57. The Balaban J connectivity index is 1.75. The van der Waals surface area contributed by atoms with E-state index in [4.69, 9.17) is 0 Å². The molecule has 3 atom stereocenters. The molecule has 0 saturated carbocycles. The lowest BCUT2D eigenvalue weighted by molar-refractivity contribution is -0.130. The molecule has 0 aliphatic heterocycles. The summed E-state index contributed by atoms with van der Waals surface area (Å²) in [4.78, 5) is 50.2. The summed E-state index contributed by atoms with van der Waals surface area (Å²) in [6.07, 6.45) is 11.6. The summed E-state index contributed by atoms with van der Waals surface area (Å²) in [5, 5.41) is 0. The molecule has 0 spiro atoms.